The van der Waals surface area contributed by atoms with E-state index in [4.69, 9.17) is 22.3 Å². The first-order chi connectivity index (χ1) is 3.89. The highest BCUT2D eigenvalue weighted by Gasteiger charge is 2.32. The van der Waals surface area contributed by atoms with E-state index in [0.29, 0.717) is 0 Å². The normalized spacial score (nSPS) is 15.1. The zero-order chi connectivity index (χ0) is 7.65. The molecule has 0 aromatic heterocycles. The number of hydrogen-bond acceptors (Lipinski definition) is 4. The van der Waals surface area contributed by atoms with E-state index in [2.05, 4.69) is 0 Å². The van der Waals surface area contributed by atoms with Crippen LogP contribution in [0.3, 0.4) is 0 Å². The van der Waals surface area contributed by atoms with Gasteiger partial charge in [-0.15, -0.1) is 0 Å². The lowest BCUT2D eigenvalue weighted by Gasteiger charge is -2.22. The van der Waals surface area contributed by atoms with Crippen LogP contribution in [0.5, 0.6) is 0 Å². The Balaban J connectivity index is 4.19. The van der Waals surface area contributed by atoms with Gasteiger partial charge in [0.2, 0.25) is 0 Å². The Labute approximate surface area is 52.8 Å². The summed E-state index contributed by atoms with van der Waals surface area (Å²) in [5.74, 6) is -1.29. The van der Waals surface area contributed by atoms with Crippen LogP contribution in [0.2, 0.25) is 0 Å². The summed E-state index contributed by atoms with van der Waals surface area (Å²) in [6.07, 6.45) is 0. The van der Waals surface area contributed by atoms with Crippen LogP contribution in [0.25, 0.3) is 0 Å². The molecule has 0 saturated heterocycles. The minimum atomic E-state index is -1.81. The number of nitrogens with two attached hydrogens (primary N) is 3. The van der Waals surface area contributed by atoms with E-state index in [-0.39, 0.29) is 0 Å². The molecule has 5 heteroatoms. The summed E-state index contributed by atoms with van der Waals surface area (Å²) in [6, 6.07) is -0.755. The van der Waals surface area contributed by atoms with Gasteiger partial charge >= 0.3 is 5.97 Å². The van der Waals surface area contributed by atoms with Gasteiger partial charge in [0, 0.05) is 6.04 Å². The van der Waals surface area contributed by atoms with Gasteiger partial charge in [-0.2, -0.15) is 0 Å². The van der Waals surface area contributed by atoms with Crippen molar-refractivity contribution >= 4 is 5.97 Å². The predicted octanol–water partition coefficient (Wildman–Crippen LogP) is -1.97. The molecule has 0 aliphatic carbocycles. The highest BCUT2D eigenvalue weighted by molar-refractivity contribution is 5.78. The zero-order valence-corrected chi connectivity index (χ0v) is 5.16. The van der Waals surface area contributed by atoms with E-state index in [1.54, 1.807) is 0 Å². The average Bonchev–Trinajstić information content (AvgIpc) is 1.65. The van der Waals surface area contributed by atoms with E-state index >= 15 is 0 Å². The van der Waals surface area contributed by atoms with Gasteiger partial charge < -0.3 is 22.3 Å². The molecule has 0 aliphatic rings. The van der Waals surface area contributed by atoms with Crippen LogP contribution < -0.4 is 17.2 Å². The molecule has 5 nitrogen and oxygen atoms in total. The molecule has 7 N–H and O–H groups in total. The third kappa shape index (κ3) is 1.63. The Morgan fingerprint density at radius 1 is 1.67 bits per heavy atom. The van der Waals surface area contributed by atoms with Crippen LogP contribution >= 0.6 is 0 Å². The molecule has 0 aliphatic heterocycles. The molecule has 0 spiro atoms. The molecule has 0 rings (SSSR count). The van der Waals surface area contributed by atoms with E-state index in [9.17, 15) is 4.79 Å². The average molecular weight is 133 g/mol. The summed E-state index contributed by atoms with van der Waals surface area (Å²) < 4.78 is 0. The van der Waals surface area contributed by atoms with Crippen LogP contribution in [0.15, 0.2) is 0 Å². The van der Waals surface area contributed by atoms with Crippen molar-refractivity contribution in [2.45, 2.75) is 18.6 Å². The summed E-state index contributed by atoms with van der Waals surface area (Å²) in [6.45, 7) is 1.44. The highest BCUT2D eigenvalue weighted by atomic mass is 16.4. The first kappa shape index (κ1) is 8.35. The van der Waals surface area contributed by atoms with Gasteiger partial charge in [0.25, 0.3) is 0 Å². The number of hydrogen-bond donors (Lipinski definition) is 4. The molecule has 0 heterocycles. The lowest BCUT2D eigenvalue weighted by molar-refractivity contribution is -0.143. The Kier molecular flexibility index (Phi) is 2.13. The minimum absolute atomic E-state index is 0.755. The second-order valence-electron chi connectivity index (χ2n) is 2.03. The van der Waals surface area contributed by atoms with Crippen LogP contribution in [0.1, 0.15) is 6.92 Å². The lowest BCUT2D eigenvalue weighted by atomic mass is 10.1. The number of rotatable bonds is 2. The molecule has 9 heavy (non-hydrogen) atoms. The van der Waals surface area contributed by atoms with Crippen molar-refractivity contribution in [3.8, 4) is 0 Å². The zero-order valence-electron chi connectivity index (χ0n) is 5.16. The van der Waals surface area contributed by atoms with Gasteiger partial charge in [-0.3, -0.25) is 0 Å². The van der Waals surface area contributed by atoms with E-state index in [0.717, 1.165) is 0 Å². The Morgan fingerprint density at radius 3 is 2.00 bits per heavy atom. The van der Waals surface area contributed by atoms with Gasteiger partial charge in [0.05, 0.1) is 0 Å². The third-order valence-electron chi connectivity index (χ3n) is 1.12. The van der Waals surface area contributed by atoms with Crippen molar-refractivity contribution in [1.82, 2.24) is 0 Å². The Morgan fingerprint density at radius 2 is 2.00 bits per heavy atom. The molecule has 0 fully saturated rings. The lowest BCUT2D eigenvalue weighted by Crippen LogP contribution is -2.66. The van der Waals surface area contributed by atoms with Crippen molar-refractivity contribution in [2.24, 2.45) is 17.2 Å². The van der Waals surface area contributed by atoms with Gasteiger partial charge in [-0.1, -0.05) is 0 Å². The van der Waals surface area contributed by atoms with E-state index in [1.807, 2.05) is 0 Å². The van der Waals surface area contributed by atoms with Crippen molar-refractivity contribution in [3.05, 3.63) is 0 Å². The molecular formula is C4H11N3O2. The van der Waals surface area contributed by atoms with Gasteiger partial charge in [-0.05, 0) is 6.92 Å². The highest BCUT2D eigenvalue weighted by Crippen LogP contribution is 1.94. The Hall–Kier alpha value is -0.650. The predicted molar refractivity (Wildman–Crippen MR) is 32.4 cm³/mol. The molecule has 1 atom stereocenters. The summed E-state index contributed by atoms with van der Waals surface area (Å²) in [5, 5.41) is 8.28. The quantitative estimate of drug-likeness (QED) is 0.326. The summed E-state index contributed by atoms with van der Waals surface area (Å²) in [7, 11) is 0. The van der Waals surface area contributed by atoms with Gasteiger partial charge in [0.1, 0.15) is 0 Å². The van der Waals surface area contributed by atoms with Crippen LogP contribution in [-0.4, -0.2) is 22.8 Å². The monoisotopic (exact) mass is 133 g/mol. The van der Waals surface area contributed by atoms with Crippen molar-refractivity contribution in [1.29, 1.82) is 0 Å². The van der Waals surface area contributed by atoms with Crippen LogP contribution in [-0.2, 0) is 4.79 Å². The number of aliphatic carboxylic acids is 1. The van der Waals surface area contributed by atoms with Crippen molar-refractivity contribution in [2.75, 3.05) is 0 Å². The fraction of sp³-hybridized carbons (Fsp3) is 0.750. The molecule has 0 aromatic carbocycles. The number of carbonyl (C=O) groups is 1. The van der Waals surface area contributed by atoms with Gasteiger partial charge in [0.15, 0.2) is 5.66 Å². The number of carboxylic acids is 1. The molecule has 0 amide bonds. The van der Waals surface area contributed by atoms with E-state index < -0.39 is 17.7 Å². The Bertz CT molecular complexity index is 121. The maximum Gasteiger partial charge on any atom is 0.340 e. The standard InChI is InChI=1S/C4H11N3O2/c1-2(5)4(6,7)3(8)9/h2H,5-7H2,1H3,(H,8,9). The van der Waals surface area contributed by atoms with E-state index in [1.165, 1.54) is 6.92 Å². The maximum atomic E-state index is 10.1. The fourth-order valence-electron chi connectivity index (χ4n) is 0.195. The van der Waals surface area contributed by atoms with Crippen molar-refractivity contribution < 1.29 is 9.90 Å². The van der Waals surface area contributed by atoms with Crippen molar-refractivity contribution in [3.63, 3.8) is 0 Å². The largest absolute Gasteiger partial charge is 0.479 e. The summed E-state index contributed by atoms with van der Waals surface area (Å²) in [4.78, 5) is 10.1. The second kappa shape index (κ2) is 2.30. The first-order valence-electron chi connectivity index (χ1n) is 2.45. The third-order valence-corrected chi connectivity index (χ3v) is 1.12. The minimum Gasteiger partial charge on any atom is -0.479 e. The summed E-state index contributed by atoms with van der Waals surface area (Å²) >= 11 is 0. The molecular weight excluding hydrogens is 122 g/mol. The second-order valence-corrected chi connectivity index (χ2v) is 2.03. The van der Waals surface area contributed by atoms with Gasteiger partial charge in [-0.25, -0.2) is 4.79 Å². The molecule has 1 unspecified atom stereocenters. The summed E-state index contributed by atoms with van der Waals surface area (Å²) in [5.41, 5.74) is 13.4. The molecule has 0 saturated carbocycles. The molecule has 0 aromatic rings. The first-order valence-corrected chi connectivity index (χ1v) is 2.45. The fourth-order valence-corrected chi connectivity index (χ4v) is 0.195. The van der Waals surface area contributed by atoms with Crippen LogP contribution in [0, 0.1) is 0 Å². The SMILES string of the molecule is CC(N)C(N)(N)C(=O)O. The smallest absolute Gasteiger partial charge is 0.340 e. The molecule has 0 radical (unpaired) electrons. The molecule has 54 valence electrons. The number of carboxylic acid groups (broad SMARTS) is 1. The molecule has 0 bridgehead atoms. The van der Waals surface area contributed by atoms with Crippen LogP contribution in [0.4, 0.5) is 0 Å². The maximum absolute atomic E-state index is 10.1. The topological polar surface area (TPSA) is 115 Å².